The molecule has 1 heterocycles. The molecule has 0 unspecified atom stereocenters. The van der Waals surface area contributed by atoms with Gasteiger partial charge in [0.15, 0.2) is 11.5 Å². The largest absolute Gasteiger partial charge is 0.454 e. The van der Waals surface area contributed by atoms with Gasteiger partial charge in [0.1, 0.15) is 0 Å². The summed E-state index contributed by atoms with van der Waals surface area (Å²) in [7, 11) is 0. The summed E-state index contributed by atoms with van der Waals surface area (Å²) >= 11 is 0. The van der Waals surface area contributed by atoms with Crippen molar-refractivity contribution >= 4 is 23.5 Å². The van der Waals surface area contributed by atoms with Crippen LogP contribution in [0.15, 0.2) is 36.4 Å². The van der Waals surface area contributed by atoms with Gasteiger partial charge in [-0.25, -0.2) is 0 Å². The summed E-state index contributed by atoms with van der Waals surface area (Å²) in [5.74, 6) is 1.24. The van der Waals surface area contributed by atoms with Gasteiger partial charge in [-0.15, -0.1) is 0 Å². The van der Waals surface area contributed by atoms with E-state index in [1.807, 2.05) is 0 Å². The number of non-ortho nitro benzene ring substituents is 1. The molecule has 116 valence electrons. The molecule has 2 aromatic carbocycles. The number of fused-ring (bicyclic) bond motifs is 1. The first-order chi connectivity index (χ1) is 11.0. The standard InChI is InChI=1S/C15H10N2O6/c18-16(19)12-5-4-11(13(8-12)17(20)21)3-1-10-2-6-14-15(7-10)23-9-22-14/h1-8H,9H2/b3-1+. The van der Waals surface area contributed by atoms with Crippen LogP contribution in [-0.2, 0) is 0 Å². The van der Waals surface area contributed by atoms with E-state index < -0.39 is 9.85 Å². The molecule has 0 radical (unpaired) electrons. The number of ether oxygens (including phenoxy) is 2. The van der Waals surface area contributed by atoms with Gasteiger partial charge in [0.05, 0.1) is 21.5 Å². The van der Waals surface area contributed by atoms with E-state index in [2.05, 4.69) is 0 Å². The normalized spacial score (nSPS) is 12.5. The van der Waals surface area contributed by atoms with Crippen LogP contribution in [0.4, 0.5) is 11.4 Å². The SMILES string of the molecule is O=[N+]([O-])c1ccc(/C=C/c2ccc3c(c2)OCO3)c([N+](=O)[O-])c1. The molecule has 0 saturated heterocycles. The summed E-state index contributed by atoms with van der Waals surface area (Å²) in [6.45, 7) is 0.163. The summed E-state index contributed by atoms with van der Waals surface area (Å²) in [6.07, 6.45) is 3.19. The zero-order chi connectivity index (χ0) is 16.4. The van der Waals surface area contributed by atoms with Crippen LogP contribution in [0.2, 0.25) is 0 Å². The predicted molar refractivity (Wildman–Crippen MR) is 81.2 cm³/mol. The van der Waals surface area contributed by atoms with Gasteiger partial charge in [-0.1, -0.05) is 12.1 Å². The van der Waals surface area contributed by atoms with Gasteiger partial charge in [0.2, 0.25) is 6.79 Å². The minimum Gasteiger partial charge on any atom is -0.454 e. The Morgan fingerprint density at radius 2 is 1.70 bits per heavy atom. The summed E-state index contributed by atoms with van der Waals surface area (Å²) in [5.41, 5.74) is 0.397. The molecule has 1 aliphatic heterocycles. The molecule has 2 aromatic rings. The molecule has 23 heavy (non-hydrogen) atoms. The molecule has 8 heteroatoms. The molecule has 0 atom stereocenters. The quantitative estimate of drug-likeness (QED) is 0.486. The molecule has 3 rings (SSSR count). The molecule has 8 nitrogen and oxygen atoms in total. The number of rotatable bonds is 4. The van der Waals surface area contributed by atoms with E-state index in [1.165, 1.54) is 18.2 Å². The fourth-order valence-electron chi connectivity index (χ4n) is 2.15. The summed E-state index contributed by atoms with van der Waals surface area (Å²) in [5, 5.41) is 21.8. The topological polar surface area (TPSA) is 105 Å². The van der Waals surface area contributed by atoms with Crippen molar-refractivity contribution in [3.8, 4) is 11.5 Å². The molecule has 0 aromatic heterocycles. The second kappa shape index (κ2) is 5.76. The Bertz CT molecular complexity index is 831. The first kappa shape index (κ1) is 14.5. The fourth-order valence-corrected chi connectivity index (χ4v) is 2.15. The predicted octanol–water partition coefficient (Wildman–Crippen LogP) is 3.40. The average Bonchev–Trinajstić information content (AvgIpc) is 3.00. The number of hydrogen-bond acceptors (Lipinski definition) is 6. The van der Waals surface area contributed by atoms with E-state index in [-0.39, 0.29) is 23.7 Å². The molecular weight excluding hydrogens is 304 g/mol. The van der Waals surface area contributed by atoms with E-state index in [9.17, 15) is 20.2 Å². The van der Waals surface area contributed by atoms with Crippen LogP contribution in [0.1, 0.15) is 11.1 Å². The monoisotopic (exact) mass is 314 g/mol. The Morgan fingerprint density at radius 1 is 0.913 bits per heavy atom. The van der Waals surface area contributed by atoms with Gasteiger partial charge in [0, 0.05) is 6.07 Å². The zero-order valence-corrected chi connectivity index (χ0v) is 11.7. The highest BCUT2D eigenvalue weighted by molar-refractivity contribution is 5.76. The van der Waals surface area contributed by atoms with E-state index in [0.717, 1.165) is 11.6 Å². The van der Waals surface area contributed by atoms with Crippen molar-refractivity contribution < 1.29 is 19.3 Å². The maximum Gasteiger partial charge on any atom is 0.283 e. The fraction of sp³-hybridized carbons (Fsp3) is 0.0667. The minimum absolute atomic E-state index is 0.163. The lowest BCUT2D eigenvalue weighted by molar-refractivity contribution is -0.394. The zero-order valence-electron chi connectivity index (χ0n) is 11.7. The van der Waals surface area contributed by atoms with Crippen molar-refractivity contribution in [2.24, 2.45) is 0 Å². The van der Waals surface area contributed by atoms with E-state index in [4.69, 9.17) is 9.47 Å². The number of benzene rings is 2. The van der Waals surface area contributed by atoms with Gasteiger partial charge in [-0.05, 0) is 29.8 Å². The maximum absolute atomic E-state index is 11.1. The first-order valence-electron chi connectivity index (χ1n) is 6.55. The number of nitro benzene ring substituents is 2. The van der Waals surface area contributed by atoms with Crippen LogP contribution >= 0.6 is 0 Å². The molecule has 0 amide bonds. The summed E-state index contributed by atoms with van der Waals surface area (Å²) < 4.78 is 10.5. The van der Waals surface area contributed by atoms with Crippen molar-refractivity contribution in [1.29, 1.82) is 0 Å². The van der Waals surface area contributed by atoms with Gasteiger partial charge in [0.25, 0.3) is 11.4 Å². The smallest absolute Gasteiger partial charge is 0.283 e. The van der Waals surface area contributed by atoms with Crippen molar-refractivity contribution in [3.63, 3.8) is 0 Å². The Morgan fingerprint density at radius 3 is 2.43 bits per heavy atom. The molecule has 0 fully saturated rings. The summed E-state index contributed by atoms with van der Waals surface area (Å²) in [4.78, 5) is 20.5. The second-order valence-corrected chi connectivity index (χ2v) is 4.70. The Labute approximate surface area is 129 Å². The summed E-state index contributed by atoms with van der Waals surface area (Å²) in [6, 6.07) is 8.79. The van der Waals surface area contributed by atoms with E-state index >= 15 is 0 Å². The third kappa shape index (κ3) is 2.95. The highest BCUT2D eigenvalue weighted by atomic mass is 16.7. The molecule has 0 N–H and O–H groups in total. The van der Waals surface area contributed by atoms with Crippen LogP contribution in [0.5, 0.6) is 11.5 Å². The van der Waals surface area contributed by atoms with Crippen LogP contribution < -0.4 is 9.47 Å². The highest BCUT2D eigenvalue weighted by Crippen LogP contribution is 2.33. The molecule has 0 spiro atoms. The van der Waals surface area contributed by atoms with Crippen LogP contribution in [-0.4, -0.2) is 16.6 Å². The second-order valence-electron chi connectivity index (χ2n) is 4.70. The highest BCUT2D eigenvalue weighted by Gasteiger charge is 2.18. The van der Waals surface area contributed by atoms with Crippen molar-refractivity contribution in [3.05, 3.63) is 67.8 Å². The first-order valence-corrected chi connectivity index (χ1v) is 6.55. The Kier molecular flexibility index (Phi) is 3.63. The molecular formula is C15H10N2O6. The van der Waals surface area contributed by atoms with E-state index in [1.54, 1.807) is 24.3 Å². The Balaban J connectivity index is 1.92. The van der Waals surface area contributed by atoms with Gasteiger partial charge >= 0.3 is 0 Å². The van der Waals surface area contributed by atoms with Crippen LogP contribution in [0.3, 0.4) is 0 Å². The van der Waals surface area contributed by atoms with Gasteiger partial charge < -0.3 is 9.47 Å². The molecule has 0 saturated carbocycles. The number of hydrogen-bond donors (Lipinski definition) is 0. The van der Waals surface area contributed by atoms with Crippen molar-refractivity contribution in [2.45, 2.75) is 0 Å². The van der Waals surface area contributed by atoms with Crippen LogP contribution in [0, 0.1) is 20.2 Å². The maximum atomic E-state index is 11.1. The lowest BCUT2D eigenvalue weighted by atomic mass is 10.1. The van der Waals surface area contributed by atoms with E-state index in [0.29, 0.717) is 11.5 Å². The minimum atomic E-state index is -0.668. The van der Waals surface area contributed by atoms with Gasteiger partial charge in [-0.3, -0.25) is 20.2 Å². The number of nitrogens with zero attached hydrogens (tertiary/aromatic N) is 2. The third-order valence-corrected chi connectivity index (χ3v) is 3.27. The number of nitro groups is 2. The third-order valence-electron chi connectivity index (χ3n) is 3.27. The van der Waals surface area contributed by atoms with Gasteiger partial charge in [-0.2, -0.15) is 0 Å². The molecule has 1 aliphatic rings. The Hall–Kier alpha value is -3.42. The lowest BCUT2D eigenvalue weighted by Crippen LogP contribution is -1.94. The molecule has 0 bridgehead atoms. The van der Waals surface area contributed by atoms with Crippen LogP contribution in [0.25, 0.3) is 12.2 Å². The lowest BCUT2D eigenvalue weighted by Gasteiger charge is -1.99. The van der Waals surface area contributed by atoms with Crippen molar-refractivity contribution in [1.82, 2.24) is 0 Å². The van der Waals surface area contributed by atoms with Crippen molar-refractivity contribution in [2.75, 3.05) is 6.79 Å². The average molecular weight is 314 g/mol. The molecule has 0 aliphatic carbocycles.